The van der Waals surface area contributed by atoms with Gasteiger partial charge in [-0.05, 0) is 6.42 Å². The topological polar surface area (TPSA) is 26.3 Å². The summed E-state index contributed by atoms with van der Waals surface area (Å²) in [5.74, 6) is -0.0666. The van der Waals surface area contributed by atoms with Crippen LogP contribution in [-0.4, -0.2) is 42.1 Å². The number of hydrogen-bond donors (Lipinski definition) is 0. The Kier molecular flexibility index (Phi) is 22.1. The zero-order valence-electron chi connectivity index (χ0n) is 14.2. The first-order valence-corrected chi connectivity index (χ1v) is 8.46. The van der Waals surface area contributed by atoms with E-state index < -0.39 is 0 Å². The van der Waals surface area contributed by atoms with Crippen LogP contribution >= 0.6 is 0 Å². The van der Waals surface area contributed by atoms with E-state index in [-0.39, 0.29) is 35.5 Å². The molecule has 0 atom stereocenters. The van der Waals surface area contributed by atoms with Crippen LogP contribution in [0, 0.1) is 0 Å². The zero-order chi connectivity index (χ0) is 14.2. The van der Waals surface area contributed by atoms with Gasteiger partial charge in [-0.15, -0.1) is 0 Å². The van der Waals surface area contributed by atoms with Crippen LogP contribution in [0.25, 0.3) is 0 Å². The van der Waals surface area contributed by atoms with Gasteiger partial charge in [-0.2, -0.15) is 0 Å². The molecule has 0 unspecified atom stereocenters. The molecule has 0 heterocycles. The Morgan fingerprint density at radius 2 is 1.10 bits per heavy atom. The van der Waals surface area contributed by atoms with Gasteiger partial charge < -0.3 is 4.74 Å². The summed E-state index contributed by atoms with van der Waals surface area (Å²) in [6, 6.07) is 0. The van der Waals surface area contributed by atoms with Crippen molar-refractivity contribution >= 4 is 35.5 Å². The van der Waals surface area contributed by atoms with Crippen LogP contribution in [0.4, 0.5) is 0 Å². The van der Waals surface area contributed by atoms with Crippen molar-refractivity contribution < 1.29 is 9.53 Å². The van der Waals surface area contributed by atoms with E-state index in [1.54, 1.807) is 0 Å². The fourth-order valence-electron chi connectivity index (χ4n) is 2.23. The molecule has 1 radical (unpaired) electrons. The minimum Gasteiger partial charge on any atom is -0.466 e. The Morgan fingerprint density at radius 3 is 1.50 bits per heavy atom. The first-order valence-electron chi connectivity index (χ1n) is 8.46. The summed E-state index contributed by atoms with van der Waals surface area (Å²) < 4.78 is 5.04. The van der Waals surface area contributed by atoms with Gasteiger partial charge in [0, 0.05) is 36.0 Å². The average molecular weight is 293 g/mol. The first kappa shape index (κ1) is 22.7. The second-order valence-electron chi connectivity index (χ2n) is 5.46. The minimum absolute atomic E-state index is 0. The Labute approximate surface area is 148 Å². The Bertz CT molecular complexity index is 195. The SMILES string of the molecule is CCCCCCCCCCCCCCOC(=O)CC.[Na]. The van der Waals surface area contributed by atoms with Crippen molar-refractivity contribution in [2.75, 3.05) is 6.61 Å². The average Bonchev–Trinajstić information content (AvgIpc) is 2.43. The van der Waals surface area contributed by atoms with Crippen molar-refractivity contribution in [1.29, 1.82) is 0 Å². The molecule has 2 nitrogen and oxygen atoms in total. The smallest absolute Gasteiger partial charge is 0.305 e. The van der Waals surface area contributed by atoms with Crippen LogP contribution in [-0.2, 0) is 9.53 Å². The summed E-state index contributed by atoms with van der Waals surface area (Å²) in [6.45, 7) is 4.72. The van der Waals surface area contributed by atoms with Gasteiger partial charge >= 0.3 is 5.97 Å². The second kappa shape index (κ2) is 19.5. The van der Waals surface area contributed by atoms with Gasteiger partial charge in [-0.1, -0.05) is 84.5 Å². The molecule has 0 amide bonds. The molecular weight excluding hydrogens is 259 g/mol. The van der Waals surface area contributed by atoms with Crippen molar-refractivity contribution in [2.45, 2.75) is 97.3 Å². The summed E-state index contributed by atoms with van der Waals surface area (Å²) in [5.41, 5.74) is 0. The first-order chi connectivity index (χ1) is 9.31. The molecule has 3 heteroatoms. The minimum atomic E-state index is -0.0666. The third-order valence-corrected chi connectivity index (χ3v) is 3.55. The second-order valence-corrected chi connectivity index (χ2v) is 5.46. The summed E-state index contributed by atoms with van der Waals surface area (Å²) in [7, 11) is 0. The van der Waals surface area contributed by atoms with Gasteiger partial charge in [-0.25, -0.2) is 0 Å². The molecule has 0 aliphatic heterocycles. The van der Waals surface area contributed by atoms with Gasteiger partial charge in [0.05, 0.1) is 6.61 Å². The Balaban J connectivity index is 0. The fourth-order valence-corrected chi connectivity index (χ4v) is 2.23. The molecule has 0 saturated heterocycles. The maximum absolute atomic E-state index is 10.9. The quantitative estimate of drug-likeness (QED) is 0.248. The summed E-state index contributed by atoms with van der Waals surface area (Å²) in [5, 5.41) is 0. The van der Waals surface area contributed by atoms with Gasteiger partial charge in [0.25, 0.3) is 0 Å². The van der Waals surface area contributed by atoms with Crippen molar-refractivity contribution in [3.8, 4) is 0 Å². The van der Waals surface area contributed by atoms with E-state index in [0.717, 1.165) is 6.42 Å². The molecular formula is C17H34NaO2. The van der Waals surface area contributed by atoms with Gasteiger partial charge in [0.15, 0.2) is 0 Å². The molecule has 0 bridgehead atoms. The molecule has 0 aromatic heterocycles. The molecule has 20 heavy (non-hydrogen) atoms. The number of ether oxygens (including phenoxy) is 1. The van der Waals surface area contributed by atoms with Gasteiger partial charge in [0.1, 0.15) is 0 Å². The van der Waals surface area contributed by atoms with Crippen molar-refractivity contribution in [3.63, 3.8) is 0 Å². The number of carbonyl (C=O) groups excluding carboxylic acids is 1. The third-order valence-electron chi connectivity index (χ3n) is 3.55. The van der Waals surface area contributed by atoms with Crippen LogP contribution in [0.3, 0.4) is 0 Å². The summed E-state index contributed by atoms with van der Waals surface area (Å²) >= 11 is 0. The van der Waals surface area contributed by atoms with E-state index in [1.807, 2.05) is 6.92 Å². The fraction of sp³-hybridized carbons (Fsp3) is 0.941. The van der Waals surface area contributed by atoms with Crippen molar-refractivity contribution in [1.82, 2.24) is 0 Å². The van der Waals surface area contributed by atoms with Crippen LogP contribution in [0.5, 0.6) is 0 Å². The number of esters is 1. The molecule has 0 saturated carbocycles. The van der Waals surface area contributed by atoms with E-state index in [1.165, 1.54) is 70.6 Å². The number of rotatable bonds is 14. The number of carbonyl (C=O) groups is 1. The van der Waals surface area contributed by atoms with Crippen molar-refractivity contribution in [3.05, 3.63) is 0 Å². The molecule has 0 aromatic carbocycles. The van der Waals surface area contributed by atoms with Crippen LogP contribution < -0.4 is 0 Å². The van der Waals surface area contributed by atoms with E-state index in [0.29, 0.717) is 13.0 Å². The van der Waals surface area contributed by atoms with E-state index in [2.05, 4.69) is 6.92 Å². The maximum Gasteiger partial charge on any atom is 0.305 e. The van der Waals surface area contributed by atoms with E-state index in [9.17, 15) is 4.79 Å². The van der Waals surface area contributed by atoms with E-state index in [4.69, 9.17) is 4.74 Å². The summed E-state index contributed by atoms with van der Waals surface area (Å²) in [6.07, 6.45) is 16.6. The molecule has 0 N–H and O–H groups in total. The normalized spacial score (nSPS) is 10.1. The zero-order valence-corrected chi connectivity index (χ0v) is 16.2. The predicted molar refractivity (Wildman–Crippen MR) is 88.1 cm³/mol. The number of unbranched alkanes of at least 4 members (excludes halogenated alkanes) is 11. The third kappa shape index (κ3) is 18.5. The molecule has 0 aliphatic carbocycles. The largest absolute Gasteiger partial charge is 0.466 e. The van der Waals surface area contributed by atoms with E-state index >= 15 is 0 Å². The molecule has 0 rings (SSSR count). The standard InChI is InChI=1S/C17H34O2.Na/c1-3-5-6-7-8-9-10-11-12-13-14-15-16-19-17(18)4-2;/h3-16H2,1-2H3;. The molecule has 0 aromatic rings. The van der Waals surface area contributed by atoms with Crippen LogP contribution in [0.2, 0.25) is 0 Å². The molecule has 115 valence electrons. The monoisotopic (exact) mass is 293 g/mol. The number of hydrogen-bond acceptors (Lipinski definition) is 2. The van der Waals surface area contributed by atoms with Crippen LogP contribution in [0.1, 0.15) is 97.3 Å². The molecule has 0 fully saturated rings. The molecule has 0 aliphatic rings. The Morgan fingerprint density at radius 1 is 0.700 bits per heavy atom. The molecule has 0 spiro atoms. The van der Waals surface area contributed by atoms with Crippen LogP contribution in [0.15, 0.2) is 0 Å². The maximum atomic E-state index is 10.9. The van der Waals surface area contributed by atoms with Crippen molar-refractivity contribution in [2.24, 2.45) is 0 Å². The summed E-state index contributed by atoms with van der Waals surface area (Å²) in [4.78, 5) is 10.9. The van der Waals surface area contributed by atoms with Gasteiger partial charge in [0.2, 0.25) is 0 Å². The van der Waals surface area contributed by atoms with Gasteiger partial charge in [-0.3, -0.25) is 4.79 Å². The Hall–Kier alpha value is 0.470. The predicted octanol–water partition coefficient (Wildman–Crippen LogP) is 5.26.